The maximum atomic E-state index is 12.7. The first-order chi connectivity index (χ1) is 12.8. The summed E-state index contributed by atoms with van der Waals surface area (Å²) in [5.41, 5.74) is -0.993. The molecule has 6 nitrogen and oxygen atoms in total. The molecule has 2 rings (SSSR count). The van der Waals surface area contributed by atoms with Crippen molar-refractivity contribution in [3.63, 3.8) is 0 Å². The second-order valence-electron chi connectivity index (χ2n) is 6.76. The number of rotatable bonds is 6. The highest BCUT2D eigenvalue weighted by Crippen LogP contribution is 2.46. The van der Waals surface area contributed by atoms with E-state index in [0.717, 1.165) is 4.90 Å². The highest BCUT2D eigenvalue weighted by molar-refractivity contribution is 7.98. The number of ether oxygens (including phenoxy) is 2. The zero-order valence-corrected chi connectivity index (χ0v) is 16.9. The fourth-order valence-corrected chi connectivity index (χ4v) is 4.11. The van der Waals surface area contributed by atoms with Crippen molar-refractivity contribution in [2.75, 3.05) is 19.5 Å². The minimum atomic E-state index is -1.62. The van der Waals surface area contributed by atoms with Crippen molar-refractivity contribution < 1.29 is 29.0 Å². The first kappa shape index (κ1) is 21.4. The Morgan fingerprint density at radius 3 is 2.22 bits per heavy atom. The molecule has 1 aromatic carbocycles. The van der Waals surface area contributed by atoms with E-state index in [9.17, 15) is 19.5 Å². The number of aliphatic hydroxyl groups is 1. The van der Waals surface area contributed by atoms with Crippen LogP contribution in [0.25, 0.3) is 0 Å². The first-order valence-electron chi connectivity index (χ1n) is 8.99. The normalized spacial score (nSPS) is 27.9. The number of hydrogen-bond acceptors (Lipinski definition) is 7. The van der Waals surface area contributed by atoms with Crippen molar-refractivity contribution in [3.05, 3.63) is 29.8 Å². The summed E-state index contributed by atoms with van der Waals surface area (Å²) in [6, 6.07) is 7.28. The fourth-order valence-electron chi connectivity index (χ4n) is 3.71. The quantitative estimate of drug-likeness (QED) is 0.450. The largest absolute Gasteiger partial charge is 0.466 e. The smallest absolute Gasteiger partial charge is 0.317 e. The van der Waals surface area contributed by atoms with Gasteiger partial charge in [0.2, 0.25) is 0 Å². The van der Waals surface area contributed by atoms with Crippen LogP contribution in [0.2, 0.25) is 0 Å². The van der Waals surface area contributed by atoms with Crippen LogP contribution in [-0.2, 0) is 23.9 Å². The third-order valence-electron chi connectivity index (χ3n) is 4.85. The van der Waals surface area contributed by atoms with Gasteiger partial charge in [-0.25, -0.2) is 0 Å². The summed E-state index contributed by atoms with van der Waals surface area (Å²) in [6.45, 7) is 5.04. The summed E-state index contributed by atoms with van der Waals surface area (Å²) in [4.78, 5) is 39.0. The highest BCUT2D eigenvalue weighted by atomic mass is 32.2. The van der Waals surface area contributed by atoms with E-state index < -0.39 is 41.1 Å². The van der Waals surface area contributed by atoms with Gasteiger partial charge in [-0.15, -0.1) is 11.8 Å². The SMILES string of the molecule is CCOC(=O)[C@@H]1C(=O)C[C@](C)(O)[C@H](C(=O)OCC)[C@@H]1c1ccc(SC)cc1. The Hall–Kier alpha value is -1.86. The summed E-state index contributed by atoms with van der Waals surface area (Å²) < 4.78 is 10.3. The Morgan fingerprint density at radius 2 is 1.70 bits per heavy atom. The first-order valence-corrected chi connectivity index (χ1v) is 10.2. The lowest BCUT2D eigenvalue weighted by molar-refractivity contribution is -0.172. The Labute approximate surface area is 163 Å². The minimum absolute atomic E-state index is 0.126. The molecule has 0 saturated heterocycles. The van der Waals surface area contributed by atoms with Crippen molar-refractivity contribution in [3.8, 4) is 0 Å². The number of benzene rings is 1. The molecular formula is C20H26O6S. The highest BCUT2D eigenvalue weighted by Gasteiger charge is 2.57. The van der Waals surface area contributed by atoms with Gasteiger partial charge in [-0.1, -0.05) is 12.1 Å². The number of esters is 2. The molecule has 1 aromatic rings. The van der Waals surface area contributed by atoms with Gasteiger partial charge in [0, 0.05) is 17.2 Å². The molecule has 1 fully saturated rings. The molecule has 0 amide bonds. The molecule has 4 atom stereocenters. The Bertz CT molecular complexity index is 697. The van der Waals surface area contributed by atoms with Gasteiger partial charge in [0.1, 0.15) is 5.92 Å². The summed E-state index contributed by atoms with van der Waals surface area (Å²) in [5, 5.41) is 10.9. The topological polar surface area (TPSA) is 89.9 Å². The molecule has 7 heteroatoms. The van der Waals surface area contributed by atoms with Gasteiger partial charge in [0.05, 0.1) is 24.7 Å². The van der Waals surface area contributed by atoms with E-state index in [1.165, 1.54) is 6.92 Å². The number of thioether (sulfide) groups is 1. The molecule has 148 valence electrons. The number of hydrogen-bond donors (Lipinski definition) is 1. The van der Waals surface area contributed by atoms with Gasteiger partial charge < -0.3 is 14.6 Å². The predicted molar refractivity (Wildman–Crippen MR) is 101 cm³/mol. The van der Waals surface area contributed by atoms with Crippen molar-refractivity contribution in [1.29, 1.82) is 0 Å². The molecule has 0 heterocycles. The van der Waals surface area contributed by atoms with Crippen LogP contribution < -0.4 is 0 Å². The molecule has 1 N–H and O–H groups in total. The molecule has 1 aliphatic carbocycles. The number of Topliss-reactive ketones (excluding diaryl/α,β-unsaturated/α-hetero) is 1. The Balaban J connectivity index is 2.59. The number of carbonyl (C=O) groups excluding carboxylic acids is 3. The van der Waals surface area contributed by atoms with Crippen LogP contribution in [0, 0.1) is 11.8 Å². The molecule has 0 radical (unpaired) electrons. The molecule has 0 bridgehead atoms. The van der Waals surface area contributed by atoms with Crippen LogP contribution in [0.5, 0.6) is 0 Å². The van der Waals surface area contributed by atoms with Gasteiger partial charge in [-0.05, 0) is 44.7 Å². The van der Waals surface area contributed by atoms with Crippen molar-refractivity contribution in [2.24, 2.45) is 11.8 Å². The van der Waals surface area contributed by atoms with Crippen LogP contribution in [0.4, 0.5) is 0 Å². The molecule has 0 aromatic heterocycles. The zero-order valence-electron chi connectivity index (χ0n) is 16.1. The van der Waals surface area contributed by atoms with E-state index >= 15 is 0 Å². The summed E-state index contributed by atoms with van der Waals surface area (Å²) in [7, 11) is 0. The van der Waals surface area contributed by atoms with Crippen LogP contribution in [-0.4, -0.2) is 47.9 Å². The minimum Gasteiger partial charge on any atom is -0.466 e. The second-order valence-corrected chi connectivity index (χ2v) is 7.64. The monoisotopic (exact) mass is 394 g/mol. The third kappa shape index (κ3) is 4.52. The summed E-state index contributed by atoms with van der Waals surface area (Å²) >= 11 is 1.56. The van der Waals surface area contributed by atoms with Crippen LogP contribution >= 0.6 is 11.8 Å². The standard InChI is InChI=1S/C20H26O6S/c1-5-25-18(22)16-14(21)11-20(3,24)17(19(23)26-6-2)15(16)12-7-9-13(27-4)10-8-12/h7-10,15-17,24H,5-6,11H2,1-4H3/t15-,16-,17+,20+/m1/s1. The maximum absolute atomic E-state index is 12.7. The maximum Gasteiger partial charge on any atom is 0.317 e. The molecule has 1 saturated carbocycles. The van der Waals surface area contributed by atoms with E-state index in [1.807, 2.05) is 18.4 Å². The molecule has 0 aliphatic heterocycles. The molecular weight excluding hydrogens is 368 g/mol. The van der Waals surface area contributed by atoms with E-state index in [-0.39, 0.29) is 19.6 Å². The lowest BCUT2D eigenvalue weighted by Gasteiger charge is -2.43. The second kappa shape index (κ2) is 8.89. The van der Waals surface area contributed by atoms with E-state index in [4.69, 9.17) is 9.47 Å². The van der Waals surface area contributed by atoms with Crippen molar-refractivity contribution in [2.45, 2.75) is 43.6 Å². The van der Waals surface area contributed by atoms with Crippen LogP contribution in [0.3, 0.4) is 0 Å². The van der Waals surface area contributed by atoms with Gasteiger partial charge in [-0.2, -0.15) is 0 Å². The van der Waals surface area contributed by atoms with Crippen molar-refractivity contribution in [1.82, 2.24) is 0 Å². The summed E-state index contributed by atoms with van der Waals surface area (Å²) in [6.07, 6.45) is 1.63. The Morgan fingerprint density at radius 1 is 1.15 bits per heavy atom. The fraction of sp³-hybridized carbons (Fsp3) is 0.550. The zero-order chi connectivity index (χ0) is 20.2. The predicted octanol–water partition coefficient (Wildman–Crippen LogP) is 2.57. The third-order valence-corrected chi connectivity index (χ3v) is 5.59. The molecule has 1 aliphatic rings. The van der Waals surface area contributed by atoms with Crippen molar-refractivity contribution >= 4 is 29.5 Å². The summed E-state index contributed by atoms with van der Waals surface area (Å²) in [5.74, 6) is -4.79. The molecule has 0 unspecified atom stereocenters. The van der Waals surface area contributed by atoms with E-state index in [2.05, 4.69) is 0 Å². The van der Waals surface area contributed by atoms with Gasteiger partial charge in [-0.3, -0.25) is 14.4 Å². The molecule has 0 spiro atoms. The van der Waals surface area contributed by atoms with Crippen LogP contribution in [0.1, 0.15) is 38.7 Å². The molecule has 27 heavy (non-hydrogen) atoms. The Kier molecular flexibility index (Phi) is 7.06. The lowest BCUT2D eigenvalue weighted by Crippen LogP contribution is -2.55. The van der Waals surface area contributed by atoms with Gasteiger partial charge >= 0.3 is 11.9 Å². The van der Waals surface area contributed by atoms with Crippen LogP contribution in [0.15, 0.2) is 29.2 Å². The van der Waals surface area contributed by atoms with E-state index in [0.29, 0.717) is 5.56 Å². The lowest BCUT2D eigenvalue weighted by atomic mass is 9.62. The van der Waals surface area contributed by atoms with Gasteiger partial charge in [0.25, 0.3) is 0 Å². The number of carbonyl (C=O) groups is 3. The van der Waals surface area contributed by atoms with E-state index in [1.54, 1.807) is 37.7 Å². The van der Waals surface area contributed by atoms with Gasteiger partial charge in [0.15, 0.2) is 5.78 Å². The average molecular weight is 394 g/mol. The number of ketones is 1. The average Bonchev–Trinajstić information content (AvgIpc) is 2.60.